The van der Waals surface area contributed by atoms with Gasteiger partial charge in [0, 0.05) is 17.3 Å². The van der Waals surface area contributed by atoms with E-state index in [0.717, 1.165) is 10.1 Å². The molecule has 2 rings (SSSR count). The van der Waals surface area contributed by atoms with Gasteiger partial charge in [0.2, 0.25) is 0 Å². The molecule has 0 radical (unpaired) electrons. The predicted molar refractivity (Wildman–Crippen MR) is 52.8 cm³/mol. The fourth-order valence-corrected chi connectivity index (χ4v) is 1.72. The van der Waals surface area contributed by atoms with Gasteiger partial charge in [-0.25, -0.2) is 4.79 Å². The molecule has 4 nitrogen and oxygen atoms in total. The Morgan fingerprint density at radius 3 is 3.15 bits per heavy atom. The lowest BCUT2D eigenvalue weighted by Crippen LogP contribution is -2.19. The Bertz CT molecular complexity index is 451. The first-order chi connectivity index (χ1) is 6.25. The monoisotopic (exact) mass is 193 g/mol. The van der Waals surface area contributed by atoms with Crippen molar-refractivity contribution in [2.75, 3.05) is 5.32 Å². The Morgan fingerprint density at radius 1 is 1.54 bits per heavy atom. The van der Waals surface area contributed by atoms with Crippen molar-refractivity contribution in [3.8, 4) is 0 Å². The summed E-state index contributed by atoms with van der Waals surface area (Å²) >= 11 is 1.42. The Balaban J connectivity index is 2.42. The number of carbonyl (C=O) groups excluding carboxylic acids is 1. The molecule has 0 spiro atoms. The second-order valence-corrected chi connectivity index (χ2v) is 3.40. The topological polar surface area (TPSA) is 68.0 Å². The van der Waals surface area contributed by atoms with Crippen LogP contribution in [-0.4, -0.2) is 10.4 Å². The van der Waals surface area contributed by atoms with E-state index >= 15 is 0 Å². The molecule has 0 saturated carbocycles. The molecule has 0 unspecified atom stereocenters. The first-order valence-electron chi connectivity index (χ1n) is 3.66. The number of hydrogen-bond donors (Lipinski definition) is 2. The van der Waals surface area contributed by atoms with Crippen LogP contribution in [0.1, 0.15) is 0 Å². The van der Waals surface area contributed by atoms with Crippen LogP contribution in [0.5, 0.6) is 0 Å². The summed E-state index contributed by atoms with van der Waals surface area (Å²) < 4.78 is 5.11. The lowest BCUT2D eigenvalue weighted by atomic mass is 10.2. The van der Waals surface area contributed by atoms with Crippen molar-refractivity contribution in [2.45, 2.75) is 0 Å². The SMILES string of the molecule is NC(=O)Nc1ccc2sncc2c1. The molecule has 66 valence electrons. The van der Waals surface area contributed by atoms with E-state index in [1.54, 1.807) is 12.3 Å². The van der Waals surface area contributed by atoms with Gasteiger partial charge in [-0.15, -0.1) is 0 Å². The van der Waals surface area contributed by atoms with Crippen LogP contribution in [0.15, 0.2) is 24.4 Å². The molecule has 1 aromatic carbocycles. The number of anilines is 1. The summed E-state index contributed by atoms with van der Waals surface area (Å²) in [6, 6.07) is 4.98. The Morgan fingerprint density at radius 2 is 2.38 bits per heavy atom. The molecule has 13 heavy (non-hydrogen) atoms. The molecule has 2 amide bonds. The van der Waals surface area contributed by atoms with Crippen molar-refractivity contribution >= 4 is 33.3 Å². The number of hydrogen-bond acceptors (Lipinski definition) is 3. The molecule has 5 heteroatoms. The molecule has 0 atom stereocenters. The Hall–Kier alpha value is -1.62. The third kappa shape index (κ3) is 1.59. The summed E-state index contributed by atoms with van der Waals surface area (Å²) in [6.07, 6.45) is 1.76. The zero-order chi connectivity index (χ0) is 9.26. The molecular formula is C8H7N3OS. The molecule has 0 aliphatic carbocycles. The quantitative estimate of drug-likeness (QED) is 0.724. The Labute approximate surface area is 78.5 Å². The standard InChI is InChI=1S/C8H7N3OS/c9-8(12)11-6-1-2-7-5(3-6)4-10-13-7/h1-4H,(H3,9,11,12). The number of fused-ring (bicyclic) bond motifs is 1. The van der Waals surface area contributed by atoms with E-state index in [2.05, 4.69) is 9.69 Å². The summed E-state index contributed by atoms with van der Waals surface area (Å²) in [4.78, 5) is 10.5. The van der Waals surface area contributed by atoms with Gasteiger partial charge in [0.25, 0.3) is 0 Å². The maximum Gasteiger partial charge on any atom is 0.316 e. The number of nitrogens with zero attached hydrogens (tertiary/aromatic N) is 1. The zero-order valence-corrected chi connectivity index (χ0v) is 7.47. The van der Waals surface area contributed by atoms with Crippen LogP contribution in [0.3, 0.4) is 0 Å². The van der Waals surface area contributed by atoms with Crippen LogP contribution in [0, 0.1) is 0 Å². The highest BCUT2D eigenvalue weighted by Crippen LogP contribution is 2.21. The van der Waals surface area contributed by atoms with Gasteiger partial charge in [0.05, 0.1) is 4.70 Å². The third-order valence-electron chi connectivity index (χ3n) is 1.62. The number of rotatable bonds is 1. The van der Waals surface area contributed by atoms with Crippen LogP contribution in [0.4, 0.5) is 10.5 Å². The molecule has 1 aromatic heterocycles. The van der Waals surface area contributed by atoms with Crippen molar-refractivity contribution in [3.05, 3.63) is 24.4 Å². The van der Waals surface area contributed by atoms with Gasteiger partial charge in [0.1, 0.15) is 0 Å². The van der Waals surface area contributed by atoms with Gasteiger partial charge in [-0.2, -0.15) is 4.37 Å². The number of primary amides is 1. The van der Waals surface area contributed by atoms with Crippen LogP contribution >= 0.6 is 11.5 Å². The van der Waals surface area contributed by atoms with Crippen LogP contribution < -0.4 is 11.1 Å². The summed E-state index contributed by atoms with van der Waals surface area (Å²) in [5.74, 6) is 0. The molecule has 0 aliphatic rings. The highest BCUT2D eigenvalue weighted by molar-refractivity contribution is 7.13. The van der Waals surface area contributed by atoms with E-state index in [9.17, 15) is 4.79 Å². The smallest absolute Gasteiger partial charge is 0.316 e. The molecule has 0 saturated heterocycles. The van der Waals surface area contributed by atoms with E-state index in [4.69, 9.17) is 5.73 Å². The first kappa shape index (κ1) is 8.00. The number of nitrogens with one attached hydrogen (secondary N) is 1. The summed E-state index contributed by atoms with van der Waals surface area (Å²) in [5.41, 5.74) is 5.68. The second kappa shape index (κ2) is 3.02. The summed E-state index contributed by atoms with van der Waals surface area (Å²) in [6.45, 7) is 0. The number of amides is 2. The van der Waals surface area contributed by atoms with Gasteiger partial charge in [0.15, 0.2) is 0 Å². The average molecular weight is 193 g/mol. The minimum Gasteiger partial charge on any atom is -0.351 e. The highest BCUT2D eigenvalue weighted by atomic mass is 32.1. The van der Waals surface area contributed by atoms with E-state index < -0.39 is 6.03 Å². The highest BCUT2D eigenvalue weighted by Gasteiger charge is 1.99. The van der Waals surface area contributed by atoms with Crippen LogP contribution in [0.2, 0.25) is 0 Å². The summed E-state index contributed by atoms with van der Waals surface area (Å²) in [7, 11) is 0. The van der Waals surface area contributed by atoms with Crippen molar-refractivity contribution in [3.63, 3.8) is 0 Å². The van der Waals surface area contributed by atoms with E-state index in [0.29, 0.717) is 5.69 Å². The van der Waals surface area contributed by atoms with Gasteiger partial charge < -0.3 is 11.1 Å². The normalized spacial score (nSPS) is 10.2. The maximum absolute atomic E-state index is 10.5. The average Bonchev–Trinajstić information content (AvgIpc) is 2.49. The number of benzene rings is 1. The molecule has 0 aliphatic heterocycles. The molecule has 0 bridgehead atoms. The van der Waals surface area contributed by atoms with Gasteiger partial charge in [-0.1, -0.05) is 0 Å². The second-order valence-electron chi connectivity index (χ2n) is 2.57. The van der Waals surface area contributed by atoms with Crippen molar-refractivity contribution in [2.24, 2.45) is 5.73 Å². The number of carbonyl (C=O) groups is 1. The van der Waals surface area contributed by atoms with Crippen molar-refractivity contribution in [1.82, 2.24) is 4.37 Å². The zero-order valence-electron chi connectivity index (χ0n) is 6.65. The molecule has 0 fully saturated rings. The number of nitrogens with two attached hydrogens (primary N) is 1. The molecular weight excluding hydrogens is 186 g/mol. The minimum atomic E-state index is -0.553. The minimum absolute atomic E-state index is 0.553. The van der Waals surface area contributed by atoms with Crippen LogP contribution in [0.25, 0.3) is 10.1 Å². The Kier molecular flexibility index (Phi) is 1.86. The van der Waals surface area contributed by atoms with Crippen molar-refractivity contribution in [1.29, 1.82) is 0 Å². The fraction of sp³-hybridized carbons (Fsp3) is 0. The third-order valence-corrected chi connectivity index (χ3v) is 2.40. The van der Waals surface area contributed by atoms with Gasteiger partial charge >= 0.3 is 6.03 Å². The van der Waals surface area contributed by atoms with Gasteiger partial charge in [-0.05, 0) is 29.7 Å². The lowest BCUT2D eigenvalue weighted by molar-refractivity contribution is 0.259. The van der Waals surface area contributed by atoms with E-state index in [1.807, 2.05) is 12.1 Å². The first-order valence-corrected chi connectivity index (χ1v) is 4.44. The maximum atomic E-state index is 10.5. The van der Waals surface area contributed by atoms with Crippen molar-refractivity contribution < 1.29 is 4.79 Å². The largest absolute Gasteiger partial charge is 0.351 e. The fourth-order valence-electron chi connectivity index (χ4n) is 1.09. The predicted octanol–water partition coefficient (Wildman–Crippen LogP) is 1.79. The molecule has 3 N–H and O–H groups in total. The van der Waals surface area contributed by atoms with E-state index in [1.165, 1.54) is 11.5 Å². The summed E-state index contributed by atoms with van der Waals surface area (Å²) in [5, 5.41) is 3.51. The molecule has 1 heterocycles. The van der Waals surface area contributed by atoms with E-state index in [-0.39, 0.29) is 0 Å². The van der Waals surface area contributed by atoms with Crippen LogP contribution in [-0.2, 0) is 0 Å². The lowest BCUT2D eigenvalue weighted by Gasteiger charge is -1.99. The molecule has 2 aromatic rings. The number of aromatic nitrogens is 1. The van der Waals surface area contributed by atoms with Gasteiger partial charge in [-0.3, -0.25) is 0 Å². The number of urea groups is 1.